The number of esters is 1. The van der Waals surface area contributed by atoms with E-state index in [2.05, 4.69) is 10.3 Å². The van der Waals surface area contributed by atoms with Crippen LogP contribution in [0, 0.1) is 0 Å². The number of aromatic amines is 1. The lowest BCUT2D eigenvalue weighted by Crippen LogP contribution is -2.27. The molecule has 0 radical (unpaired) electrons. The summed E-state index contributed by atoms with van der Waals surface area (Å²) in [4.78, 5) is 28.3. The van der Waals surface area contributed by atoms with Crippen LogP contribution < -0.4 is 29.2 Å². The summed E-state index contributed by atoms with van der Waals surface area (Å²) >= 11 is 13.0. The summed E-state index contributed by atoms with van der Waals surface area (Å²) in [5, 5.41) is 12.8. The number of nitrogens with one attached hydrogen (secondary N) is 2. The van der Waals surface area contributed by atoms with Crippen molar-refractivity contribution in [2.75, 3.05) is 21.3 Å². The summed E-state index contributed by atoms with van der Waals surface area (Å²) in [5.74, 6) is 1.29. The average molecular weight is 719 g/mol. The Balaban J connectivity index is 1.39. The summed E-state index contributed by atoms with van der Waals surface area (Å²) in [7, 11) is 4.56. The van der Waals surface area contributed by atoms with Crippen LogP contribution in [-0.4, -0.2) is 38.5 Å². The summed E-state index contributed by atoms with van der Waals surface area (Å²) in [6, 6.07) is 26.1. The number of halogens is 2. The molecule has 5 aromatic rings. The third-order valence-corrected chi connectivity index (χ3v) is 8.52. The Hall–Kier alpha value is -5.45. The molecule has 5 rings (SSSR count). The molecular weight excluding hydrogens is 683 g/mol. The Morgan fingerprint density at radius 2 is 1.48 bits per heavy atom. The highest BCUT2D eigenvalue weighted by molar-refractivity contribution is 6.35. The van der Waals surface area contributed by atoms with E-state index in [1.54, 1.807) is 67.0 Å². The van der Waals surface area contributed by atoms with Gasteiger partial charge in [-0.3, -0.25) is 0 Å². The van der Waals surface area contributed by atoms with E-state index in [0.29, 0.717) is 55.3 Å². The molecule has 1 amide bonds. The minimum absolute atomic E-state index is 0.0775. The fraction of sp³-hybridized carbons (Fsp3) is 0.184. The maximum Gasteiger partial charge on any atom is 0.405 e. The number of ether oxygens (including phenoxy) is 5. The SMILES string of the molecule is COc1cc(COc2cccc([C@@H](NC(=O)O)c3ccccc3)c2)cc(C(=O)O[C@@H](Cc2c(Cl)c[nH+]cc2Cl)c2ccc(OC)c(OC)c2)c1. The van der Waals surface area contributed by atoms with E-state index in [0.717, 1.165) is 5.56 Å². The molecular formula is C38H35Cl2N2O8+. The van der Waals surface area contributed by atoms with E-state index in [-0.39, 0.29) is 18.6 Å². The van der Waals surface area contributed by atoms with Crippen molar-refractivity contribution < 1.29 is 43.4 Å². The molecule has 1 heterocycles. The first-order chi connectivity index (χ1) is 24.2. The summed E-state index contributed by atoms with van der Waals surface area (Å²) in [6.45, 7) is 0.0775. The van der Waals surface area contributed by atoms with Crippen molar-refractivity contribution in [1.82, 2.24) is 5.32 Å². The number of carboxylic acid groups (broad SMARTS) is 1. The zero-order valence-corrected chi connectivity index (χ0v) is 29.0. The topological polar surface area (TPSA) is 127 Å². The number of hydrogen-bond acceptors (Lipinski definition) is 7. The molecule has 0 aliphatic rings. The number of rotatable bonds is 14. The van der Waals surface area contributed by atoms with E-state index in [1.807, 2.05) is 36.4 Å². The number of pyridine rings is 1. The van der Waals surface area contributed by atoms with E-state index in [9.17, 15) is 14.7 Å². The first-order valence-electron chi connectivity index (χ1n) is 15.4. The monoisotopic (exact) mass is 717 g/mol. The van der Waals surface area contributed by atoms with Crippen LogP contribution in [0.25, 0.3) is 0 Å². The second-order valence-electron chi connectivity index (χ2n) is 11.1. The number of amides is 1. The van der Waals surface area contributed by atoms with Gasteiger partial charge in [-0.25, -0.2) is 14.6 Å². The Labute approximate surface area is 299 Å². The maximum atomic E-state index is 13.8. The molecule has 0 aliphatic heterocycles. The van der Waals surface area contributed by atoms with E-state index in [1.165, 1.54) is 21.3 Å². The van der Waals surface area contributed by atoms with Crippen molar-refractivity contribution in [1.29, 1.82) is 0 Å². The minimum Gasteiger partial charge on any atom is -0.497 e. The van der Waals surface area contributed by atoms with Gasteiger partial charge in [-0.2, -0.15) is 0 Å². The molecule has 0 aliphatic carbocycles. The number of benzene rings is 4. The first kappa shape index (κ1) is 35.8. The molecule has 3 N–H and O–H groups in total. The molecule has 12 heteroatoms. The van der Waals surface area contributed by atoms with Gasteiger partial charge in [-0.1, -0.05) is 71.7 Å². The molecule has 0 saturated carbocycles. The van der Waals surface area contributed by atoms with Gasteiger partial charge in [-0.05, 0) is 64.7 Å². The number of carbonyl (C=O) groups excluding carboxylic acids is 1. The second kappa shape index (κ2) is 16.8. The molecule has 0 bridgehead atoms. The normalized spacial score (nSPS) is 11.9. The zero-order valence-electron chi connectivity index (χ0n) is 27.4. The average Bonchev–Trinajstić information content (AvgIpc) is 3.13. The van der Waals surface area contributed by atoms with Gasteiger partial charge in [0, 0.05) is 12.0 Å². The van der Waals surface area contributed by atoms with Gasteiger partial charge in [0.2, 0.25) is 0 Å². The quantitative estimate of drug-likeness (QED) is 0.111. The highest BCUT2D eigenvalue weighted by Crippen LogP contribution is 2.36. The van der Waals surface area contributed by atoms with Crippen molar-refractivity contribution >= 4 is 35.3 Å². The van der Waals surface area contributed by atoms with Gasteiger partial charge in [0.1, 0.15) is 34.3 Å². The van der Waals surface area contributed by atoms with Crippen LogP contribution in [0.3, 0.4) is 0 Å². The number of H-pyrrole nitrogens is 1. The molecule has 4 aromatic carbocycles. The fourth-order valence-corrected chi connectivity index (χ4v) is 5.93. The Bertz CT molecular complexity index is 1940. The Kier molecular flexibility index (Phi) is 12.0. The number of carbonyl (C=O) groups is 2. The number of aromatic nitrogens is 1. The Morgan fingerprint density at radius 3 is 2.16 bits per heavy atom. The van der Waals surface area contributed by atoms with E-state index < -0.39 is 24.2 Å². The van der Waals surface area contributed by atoms with Crippen molar-refractivity contribution in [3.63, 3.8) is 0 Å². The molecule has 0 fully saturated rings. The largest absolute Gasteiger partial charge is 0.497 e. The lowest BCUT2D eigenvalue weighted by atomic mass is 9.98. The molecule has 0 spiro atoms. The zero-order chi connectivity index (χ0) is 35.6. The summed E-state index contributed by atoms with van der Waals surface area (Å²) in [6.07, 6.45) is 1.41. The second-order valence-corrected chi connectivity index (χ2v) is 11.9. The standard InChI is InChI=1S/C38H34Cl2N2O8/c1-46-29-15-23(22-49-28-11-7-10-26(16-28)36(42-38(44)45)24-8-5-4-6-9-24)14-27(17-29)37(43)50-34(19-30-31(39)20-41-21-32(30)40)25-12-13-33(47-2)35(18-25)48-3/h4-18,20-21,34,36,42H,19,22H2,1-3H3,(H,44,45)/p+1/t34-,36-/m0/s1. The van der Waals surface area contributed by atoms with E-state index >= 15 is 0 Å². The predicted octanol–water partition coefficient (Wildman–Crippen LogP) is 7.91. The molecule has 10 nitrogen and oxygen atoms in total. The van der Waals surface area contributed by atoms with Gasteiger partial charge in [0.15, 0.2) is 23.9 Å². The summed E-state index contributed by atoms with van der Waals surface area (Å²) < 4.78 is 28.7. The first-order valence-corrected chi connectivity index (χ1v) is 16.2. The molecule has 0 saturated heterocycles. The van der Waals surface area contributed by atoms with Gasteiger partial charge in [-0.15, -0.1) is 0 Å². The van der Waals surface area contributed by atoms with Crippen molar-refractivity contribution in [3.8, 4) is 23.0 Å². The van der Waals surface area contributed by atoms with Crippen LogP contribution in [0.1, 0.15) is 50.3 Å². The van der Waals surface area contributed by atoms with E-state index in [4.69, 9.17) is 46.9 Å². The molecule has 1 aromatic heterocycles. The van der Waals surface area contributed by atoms with Crippen LogP contribution in [0.15, 0.2) is 103 Å². The molecule has 50 heavy (non-hydrogen) atoms. The summed E-state index contributed by atoms with van der Waals surface area (Å²) in [5.41, 5.74) is 3.57. The van der Waals surface area contributed by atoms with Gasteiger partial charge >= 0.3 is 12.1 Å². The van der Waals surface area contributed by atoms with Crippen LogP contribution >= 0.6 is 23.2 Å². The third-order valence-electron chi connectivity index (χ3n) is 7.85. The molecule has 0 unspecified atom stereocenters. The predicted molar refractivity (Wildman–Crippen MR) is 188 cm³/mol. The lowest BCUT2D eigenvalue weighted by Gasteiger charge is -2.21. The Morgan fingerprint density at radius 1 is 0.760 bits per heavy atom. The number of hydrogen-bond donors (Lipinski definition) is 2. The minimum atomic E-state index is -1.15. The van der Waals surface area contributed by atoms with Crippen LogP contribution in [0.5, 0.6) is 23.0 Å². The smallest absolute Gasteiger partial charge is 0.405 e. The van der Waals surface area contributed by atoms with Crippen molar-refractivity contribution in [2.45, 2.75) is 25.2 Å². The highest BCUT2D eigenvalue weighted by Gasteiger charge is 2.25. The van der Waals surface area contributed by atoms with Gasteiger partial charge < -0.3 is 34.1 Å². The van der Waals surface area contributed by atoms with Crippen LogP contribution in [-0.2, 0) is 17.8 Å². The van der Waals surface area contributed by atoms with Gasteiger partial charge in [0.05, 0.1) is 32.9 Å². The van der Waals surface area contributed by atoms with Crippen molar-refractivity contribution in [2.24, 2.45) is 0 Å². The number of methoxy groups -OCH3 is 3. The fourth-order valence-electron chi connectivity index (χ4n) is 5.39. The molecule has 258 valence electrons. The maximum absolute atomic E-state index is 13.8. The van der Waals surface area contributed by atoms with Crippen molar-refractivity contribution in [3.05, 3.63) is 147 Å². The highest BCUT2D eigenvalue weighted by atomic mass is 35.5. The van der Waals surface area contributed by atoms with Crippen LogP contribution in [0.2, 0.25) is 10.0 Å². The van der Waals surface area contributed by atoms with Crippen LogP contribution in [0.4, 0.5) is 4.79 Å². The third kappa shape index (κ3) is 8.96. The lowest BCUT2D eigenvalue weighted by molar-refractivity contribution is -0.377. The molecule has 2 atom stereocenters. The van der Waals surface area contributed by atoms with Gasteiger partial charge in [0.25, 0.3) is 0 Å².